The highest BCUT2D eigenvalue weighted by Crippen LogP contribution is 2.35. The zero-order valence-electron chi connectivity index (χ0n) is 20.3. The third-order valence-electron chi connectivity index (χ3n) is 5.76. The summed E-state index contributed by atoms with van der Waals surface area (Å²) in [5, 5.41) is 3.86. The Kier molecular flexibility index (Phi) is 6.71. The van der Waals surface area contributed by atoms with Crippen LogP contribution in [0.15, 0.2) is 93.3 Å². The maximum atomic E-state index is 15.4. The number of rotatable bonds is 7. The van der Waals surface area contributed by atoms with Crippen LogP contribution < -0.4 is 19.8 Å². The molecule has 0 saturated heterocycles. The fourth-order valence-corrected chi connectivity index (χ4v) is 5.07. The van der Waals surface area contributed by atoms with Gasteiger partial charge in [-0.1, -0.05) is 17.3 Å². The molecule has 3 aromatic carbocycles. The van der Waals surface area contributed by atoms with Crippen LogP contribution in [0.1, 0.15) is 0 Å². The van der Waals surface area contributed by atoms with E-state index < -0.39 is 33.5 Å². The standard InChI is InChI=1S/C26H17F4N3O6S/c1-37-23-13-19(15-2-5-17(6-3-15)39-26(28,29)30)20(27)14-22(23)33-21-8-7-18(12-16(21)4-9-25(33)34)40(35,36)32-24-10-11-38-31-24/h2-14H,1H3,(H,31,32). The third-order valence-corrected chi connectivity index (χ3v) is 7.11. The van der Waals surface area contributed by atoms with Gasteiger partial charge in [-0.15, -0.1) is 13.2 Å². The van der Waals surface area contributed by atoms with Crippen molar-refractivity contribution in [1.29, 1.82) is 0 Å². The van der Waals surface area contributed by atoms with Gasteiger partial charge >= 0.3 is 6.36 Å². The van der Waals surface area contributed by atoms with Crippen LogP contribution in [0.4, 0.5) is 23.4 Å². The summed E-state index contributed by atoms with van der Waals surface area (Å²) >= 11 is 0. The Morgan fingerprint density at radius 1 is 0.975 bits per heavy atom. The molecule has 0 unspecified atom stereocenters. The lowest BCUT2D eigenvalue weighted by atomic mass is 10.0. The first-order chi connectivity index (χ1) is 18.9. The number of methoxy groups -OCH3 is 1. The number of hydrogen-bond acceptors (Lipinski definition) is 7. The number of benzene rings is 3. The van der Waals surface area contributed by atoms with Crippen molar-refractivity contribution in [2.45, 2.75) is 11.3 Å². The summed E-state index contributed by atoms with van der Waals surface area (Å²) < 4.78 is 95.6. The van der Waals surface area contributed by atoms with Crippen LogP contribution in [-0.2, 0) is 10.0 Å². The molecule has 0 fully saturated rings. The fraction of sp³-hybridized carbons (Fsp3) is 0.0769. The average Bonchev–Trinajstić information content (AvgIpc) is 3.40. The Labute approximate surface area is 223 Å². The maximum Gasteiger partial charge on any atom is 0.573 e. The predicted octanol–water partition coefficient (Wildman–Crippen LogP) is 5.49. The van der Waals surface area contributed by atoms with Crippen LogP contribution in [0.2, 0.25) is 0 Å². The van der Waals surface area contributed by atoms with Gasteiger partial charge in [-0.25, -0.2) is 12.8 Å². The van der Waals surface area contributed by atoms with E-state index in [2.05, 4.69) is 19.1 Å². The number of sulfonamides is 1. The van der Waals surface area contributed by atoms with Crippen molar-refractivity contribution in [3.05, 3.63) is 95.2 Å². The Hall–Kier alpha value is -4.85. The van der Waals surface area contributed by atoms with Gasteiger partial charge in [0.15, 0.2) is 5.82 Å². The van der Waals surface area contributed by atoms with Gasteiger partial charge in [0, 0.05) is 29.1 Å². The average molecular weight is 575 g/mol. The molecule has 0 bridgehead atoms. The van der Waals surface area contributed by atoms with Gasteiger partial charge in [0.05, 0.1) is 23.2 Å². The van der Waals surface area contributed by atoms with Gasteiger partial charge in [-0.2, -0.15) is 0 Å². The second-order valence-electron chi connectivity index (χ2n) is 8.29. The van der Waals surface area contributed by atoms with Gasteiger partial charge in [-0.3, -0.25) is 14.1 Å². The molecule has 0 spiro atoms. The summed E-state index contributed by atoms with van der Waals surface area (Å²) in [5.41, 5.74) is -0.0426. The minimum atomic E-state index is -4.87. The fourth-order valence-electron chi connectivity index (χ4n) is 4.04. The summed E-state index contributed by atoms with van der Waals surface area (Å²) in [6.07, 6.45) is -3.67. The molecular weight excluding hydrogens is 558 g/mol. The highest BCUT2D eigenvalue weighted by atomic mass is 32.2. The summed E-state index contributed by atoms with van der Waals surface area (Å²) in [4.78, 5) is 12.8. The van der Waals surface area contributed by atoms with Gasteiger partial charge < -0.3 is 14.0 Å². The number of alkyl halides is 3. The number of pyridine rings is 1. The van der Waals surface area contributed by atoms with Crippen molar-refractivity contribution in [2.75, 3.05) is 11.8 Å². The highest BCUT2D eigenvalue weighted by molar-refractivity contribution is 7.92. The van der Waals surface area contributed by atoms with Crippen LogP contribution in [-0.4, -0.2) is 31.6 Å². The molecule has 5 aromatic rings. The molecule has 5 rings (SSSR count). The Morgan fingerprint density at radius 3 is 2.38 bits per heavy atom. The zero-order chi connectivity index (χ0) is 28.7. The lowest BCUT2D eigenvalue weighted by Gasteiger charge is -2.17. The largest absolute Gasteiger partial charge is 0.573 e. The van der Waals surface area contributed by atoms with E-state index in [0.717, 1.165) is 22.8 Å². The van der Waals surface area contributed by atoms with Gasteiger partial charge in [-0.05, 0) is 48.0 Å². The molecule has 0 radical (unpaired) electrons. The van der Waals surface area contributed by atoms with Crippen LogP contribution in [0.5, 0.6) is 11.5 Å². The molecule has 206 valence electrons. The second kappa shape index (κ2) is 10.0. The van der Waals surface area contributed by atoms with Gasteiger partial charge in [0.2, 0.25) is 0 Å². The third kappa shape index (κ3) is 5.33. The van der Waals surface area contributed by atoms with Gasteiger partial charge in [0.25, 0.3) is 15.6 Å². The number of fused-ring (bicyclic) bond motifs is 1. The molecule has 14 heteroatoms. The summed E-state index contributed by atoms with van der Waals surface area (Å²) in [5.74, 6) is -1.21. The first-order valence-electron chi connectivity index (χ1n) is 11.3. The smallest absolute Gasteiger partial charge is 0.495 e. The number of aromatic nitrogens is 2. The first-order valence-corrected chi connectivity index (χ1v) is 12.8. The lowest BCUT2D eigenvalue weighted by molar-refractivity contribution is -0.274. The number of nitrogens with one attached hydrogen (secondary N) is 1. The molecule has 0 aliphatic heterocycles. The van der Waals surface area contributed by atoms with E-state index in [-0.39, 0.29) is 38.8 Å². The molecule has 1 N–H and O–H groups in total. The molecule has 0 aliphatic rings. The van der Waals surface area contributed by atoms with Gasteiger partial charge in [0.1, 0.15) is 23.6 Å². The van der Waals surface area contributed by atoms with Crippen molar-refractivity contribution < 1.29 is 40.0 Å². The Balaban J connectivity index is 1.57. The number of nitrogens with zero attached hydrogens (tertiary/aromatic N) is 2. The summed E-state index contributed by atoms with van der Waals surface area (Å²) in [7, 11) is -2.74. The predicted molar refractivity (Wildman–Crippen MR) is 135 cm³/mol. The molecule has 0 aliphatic carbocycles. The molecule has 40 heavy (non-hydrogen) atoms. The van der Waals surface area contributed by atoms with E-state index >= 15 is 4.39 Å². The van der Waals surface area contributed by atoms with Crippen molar-refractivity contribution >= 4 is 26.7 Å². The SMILES string of the molecule is COc1cc(-c2ccc(OC(F)(F)F)cc2)c(F)cc1-n1c(=O)ccc2cc(S(=O)(=O)Nc3ccon3)ccc21. The topological polar surface area (TPSA) is 113 Å². The van der Waals surface area contributed by atoms with E-state index in [1.807, 2.05) is 0 Å². The molecule has 0 atom stereocenters. The minimum Gasteiger partial charge on any atom is -0.495 e. The summed E-state index contributed by atoms with van der Waals surface area (Å²) in [6, 6.07) is 14.8. The zero-order valence-corrected chi connectivity index (χ0v) is 21.1. The minimum absolute atomic E-state index is 0.000227. The number of anilines is 1. The molecule has 0 amide bonds. The number of ether oxygens (including phenoxy) is 2. The van der Waals surface area contributed by atoms with Crippen molar-refractivity contribution in [2.24, 2.45) is 0 Å². The Morgan fingerprint density at radius 2 is 1.73 bits per heavy atom. The molecule has 0 saturated carbocycles. The molecule has 2 heterocycles. The van der Waals surface area contributed by atoms with Crippen LogP contribution >= 0.6 is 0 Å². The van der Waals surface area contributed by atoms with Crippen molar-refractivity contribution in [3.63, 3.8) is 0 Å². The van der Waals surface area contributed by atoms with Crippen LogP contribution in [0.25, 0.3) is 27.7 Å². The lowest BCUT2D eigenvalue weighted by Crippen LogP contribution is -2.19. The first kappa shape index (κ1) is 26.7. The second-order valence-corrected chi connectivity index (χ2v) is 9.98. The summed E-state index contributed by atoms with van der Waals surface area (Å²) in [6.45, 7) is 0. The monoisotopic (exact) mass is 575 g/mol. The molecule has 2 aromatic heterocycles. The molecular formula is C26H17F4N3O6S. The Bertz CT molecular complexity index is 1870. The van der Waals surface area contributed by atoms with E-state index in [4.69, 9.17) is 4.74 Å². The van der Waals surface area contributed by atoms with Crippen LogP contribution in [0.3, 0.4) is 0 Å². The normalized spacial score (nSPS) is 11.9. The highest BCUT2D eigenvalue weighted by Gasteiger charge is 2.31. The van der Waals surface area contributed by atoms with Crippen molar-refractivity contribution in [1.82, 2.24) is 9.72 Å². The quantitative estimate of drug-likeness (QED) is 0.255. The maximum absolute atomic E-state index is 15.4. The van der Waals surface area contributed by atoms with E-state index in [9.17, 15) is 26.4 Å². The van der Waals surface area contributed by atoms with Crippen molar-refractivity contribution in [3.8, 4) is 28.3 Å². The number of halogens is 4. The molecule has 9 nitrogen and oxygen atoms in total. The van der Waals surface area contributed by atoms with E-state index in [1.54, 1.807) is 0 Å². The number of hydrogen-bond donors (Lipinski definition) is 1. The van der Waals surface area contributed by atoms with Crippen LogP contribution in [0, 0.1) is 5.82 Å². The van der Waals surface area contributed by atoms with E-state index in [0.29, 0.717) is 5.39 Å². The van der Waals surface area contributed by atoms with E-state index in [1.165, 1.54) is 68.0 Å².